The average Bonchev–Trinajstić information content (AvgIpc) is 2.55. The fourth-order valence-electron chi connectivity index (χ4n) is 1.79. The van der Waals surface area contributed by atoms with Gasteiger partial charge in [-0.05, 0) is 55.5 Å². The summed E-state index contributed by atoms with van der Waals surface area (Å²) in [4.78, 5) is -0.393. The number of alkyl halides is 3. The van der Waals surface area contributed by atoms with Crippen molar-refractivity contribution in [2.24, 2.45) is 0 Å². The minimum Gasteiger partial charge on any atom is -0.494 e. The predicted molar refractivity (Wildman–Crippen MR) is 83.3 cm³/mol. The van der Waals surface area contributed by atoms with E-state index in [0.717, 1.165) is 12.1 Å². The van der Waals surface area contributed by atoms with Gasteiger partial charge in [0.2, 0.25) is 0 Å². The first kappa shape index (κ1) is 19.1. The minimum atomic E-state index is -4.73. The first-order valence-corrected chi connectivity index (χ1v) is 8.57. The topological polar surface area (TPSA) is 61.8 Å². The smallest absolute Gasteiger partial charge is 0.413 e. The van der Waals surface area contributed by atoms with Crippen molar-refractivity contribution in [3.05, 3.63) is 48.5 Å². The van der Waals surface area contributed by atoms with Crippen LogP contribution in [0.25, 0.3) is 0 Å². The Bertz CT molecular complexity index is 784. The van der Waals surface area contributed by atoms with Gasteiger partial charge in [0.25, 0.3) is 10.1 Å². The minimum absolute atomic E-state index is 0.318. The summed E-state index contributed by atoms with van der Waals surface area (Å²) >= 11 is 0. The summed E-state index contributed by atoms with van der Waals surface area (Å²) in [6.45, 7) is 0.519. The second-order valence-electron chi connectivity index (χ2n) is 4.81. The van der Waals surface area contributed by atoms with Crippen molar-refractivity contribution in [3.8, 4) is 17.2 Å². The van der Waals surface area contributed by atoms with Crippen LogP contribution in [0.15, 0.2) is 53.4 Å². The van der Waals surface area contributed by atoms with Crippen molar-refractivity contribution in [2.75, 3.05) is 13.2 Å². The molecule has 136 valence electrons. The van der Waals surface area contributed by atoms with E-state index in [1.54, 1.807) is 24.3 Å². The van der Waals surface area contributed by atoms with Gasteiger partial charge in [0, 0.05) is 0 Å². The molecule has 0 aliphatic heterocycles. The van der Waals surface area contributed by atoms with E-state index in [2.05, 4.69) is 4.18 Å². The maximum absolute atomic E-state index is 12.1. The number of rotatable bonds is 7. The van der Waals surface area contributed by atoms with E-state index in [1.807, 2.05) is 6.92 Å². The Kier molecular flexibility index (Phi) is 5.91. The fourth-order valence-corrected chi connectivity index (χ4v) is 2.69. The van der Waals surface area contributed by atoms with Gasteiger partial charge in [0.15, 0.2) is 6.61 Å². The van der Waals surface area contributed by atoms with Gasteiger partial charge in [-0.1, -0.05) is 0 Å². The first-order chi connectivity index (χ1) is 11.7. The van der Waals surface area contributed by atoms with E-state index in [1.165, 1.54) is 12.1 Å². The SMILES string of the molecule is CCOc1ccc(Oc2ccc(S(=O)(=O)OCC(F)(F)F)cc2)cc1. The van der Waals surface area contributed by atoms with Crippen molar-refractivity contribution >= 4 is 10.1 Å². The van der Waals surface area contributed by atoms with Crippen LogP contribution in [-0.2, 0) is 14.3 Å². The molecule has 25 heavy (non-hydrogen) atoms. The Morgan fingerprint density at radius 1 is 0.880 bits per heavy atom. The van der Waals surface area contributed by atoms with Gasteiger partial charge in [0.05, 0.1) is 11.5 Å². The van der Waals surface area contributed by atoms with Gasteiger partial charge in [-0.25, -0.2) is 0 Å². The van der Waals surface area contributed by atoms with Gasteiger partial charge in [-0.2, -0.15) is 21.6 Å². The van der Waals surface area contributed by atoms with Crippen LogP contribution in [0.2, 0.25) is 0 Å². The lowest BCUT2D eigenvalue weighted by atomic mass is 10.3. The molecule has 0 spiro atoms. The molecular formula is C16H15F3O5S. The monoisotopic (exact) mass is 376 g/mol. The summed E-state index contributed by atoms with van der Waals surface area (Å²) < 4.78 is 74.3. The molecule has 2 aromatic rings. The normalized spacial score (nSPS) is 12.0. The Morgan fingerprint density at radius 3 is 1.84 bits per heavy atom. The van der Waals surface area contributed by atoms with Gasteiger partial charge in [-0.15, -0.1) is 0 Å². The first-order valence-electron chi connectivity index (χ1n) is 7.16. The van der Waals surface area contributed by atoms with E-state index < -0.39 is 27.8 Å². The Labute approximate surface area is 143 Å². The lowest BCUT2D eigenvalue weighted by Crippen LogP contribution is -2.20. The molecule has 0 aromatic heterocycles. The number of hydrogen-bond acceptors (Lipinski definition) is 5. The van der Waals surface area contributed by atoms with Crippen LogP contribution in [0.4, 0.5) is 13.2 Å². The van der Waals surface area contributed by atoms with Crippen molar-refractivity contribution in [3.63, 3.8) is 0 Å². The molecular weight excluding hydrogens is 361 g/mol. The summed E-state index contributed by atoms with van der Waals surface area (Å²) in [5.41, 5.74) is 0. The molecule has 0 fully saturated rings. The highest BCUT2D eigenvalue weighted by Gasteiger charge is 2.31. The fraction of sp³-hybridized carbons (Fsp3) is 0.250. The molecule has 9 heteroatoms. The van der Waals surface area contributed by atoms with Crippen molar-refractivity contribution in [2.45, 2.75) is 18.0 Å². The van der Waals surface area contributed by atoms with Gasteiger partial charge in [0.1, 0.15) is 17.2 Å². The van der Waals surface area contributed by atoms with Crippen LogP contribution < -0.4 is 9.47 Å². The summed E-state index contributed by atoms with van der Waals surface area (Å²) in [7, 11) is -4.49. The summed E-state index contributed by atoms with van der Waals surface area (Å²) in [6.07, 6.45) is -4.73. The molecule has 2 aromatic carbocycles. The molecule has 0 heterocycles. The van der Waals surface area contributed by atoms with Crippen molar-refractivity contribution in [1.29, 1.82) is 0 Å². The van der Waals surface area contributed by atoms with Crippen molar-refractivity contribution < 1.29 is 35.2 Å². The van der Waals surface area contributed by atoms with Crippen LogP contribution in [0.1, 0.15) is 6.92 Å². The summed E-state index contributed by atoms with van der Waals surface area (Å²) in [5.74, 6) is 1.49. The highest BCUT2D eigenvalue weighted by Crippen LogP contribution is 2.26. The van der Waals surface area contributed by atoms with Crippen LogP contribution in [0.5, 0.6) is 17.2 Å². The summed E-state index contributed by atoms with van der Waals surface area (Å²) in [6, 6.07) is 11.6. The van der Waals surface area contributed by atoms with Crippen molar-refractivity contribution in [1.82, 2.24) is 0 Å². The average molecular weight is 376 g/mol. The number of halogens is 3. The molecule has 0 bridgehead atoms. The quantitative estimate of drug-likeness (QED) is 0.680. The Morgan fingerprint density at radius 2 is 1.36 bits per heavy atom. The highest BCUT2D eigenvalue weighted by atomic mass is 32.2. The third kappa shape index (κ3) is 5.95. The van der Waals surface area contributed by atoms with Gasteiger partial charge < -0.3 is 9.47 Å². The van der Waals surface area contributed by atoms with Crippen LogP contribution >= 0.6 is 0 Å². The van der Waals surface area contributed by atoms with Crippen LogP contribution in [0, 0.1) is 0 Å². The number of ether oxygens (including phenoxy) is 2. The second kappa shape index (κ2) is 7.75. The second-order valence-corrected chi connectivity index (χ2v) is 6.42. The number of benzene rings is 2. The predicted octanol–water partition coefficient (Wildman–Crippen LogP) is 4.15. The molecule has 0 aliphatic carbocycles. The van der Waals surface area contributed by atoms with Gasteiger partial charge >= 0.3 is 6.18 Å². The standard InChI is InChI=1S/C16H15F3O5S/c1-2-22-12-3-5-13(6-4-12)24-14-7-9-15(10-8-14)25(20,21)23-11-16(17,18)19/h3-10H,2,11H2,1H3. The van der Waals surface area contributed by atoms with E-state index >= 15 is 0 Å². The molecule has 0 radical (unpaired) electrons. The maximum Gasteiger partial charge on any atom is 0.413 e. The van der Waals surface area contributed by atoms with E-state index in [9.17, 15) is 21.6 Å². The summed E-state index contributed by atoms with van der Waals surface area (Å²) in [5, 5.41) is 0. The molecule has 5 nitrogen and oxygen atoms in total. The lowest BCUT2D eigenvalue weighted by Gasteiger charge is -2.10. The Balaban J connectivity index is 2.04. The van der Waals surface area contributed by atoms with E-state index in [0.29, 0.717) is 23.9 Å². The van der Waals surface area contributed by atoms with E-state index in [4.69, 9.17) is 9.47 Å². The molecule has 0 N–H and O–H groups in total. The zero-order valence-electron chi connectivity index (χ0n) is 13.1. The molecule has 0 amide bonds. The Hall–Kier alpha value is -2.26. The highest BCUT2D eigenvalue weighted by molar-refractivity contribution is 7.86. The lowest BCUT2D eigenvalue weighted by molar-refractivity contribution is -0.152. The van der Waals surface area contributed by atoms with Crippen LogP contribution in [0.3, 0.4) is 0 Å². The maximum atomic E-state index is 12.1. The zero-order chi connectivity index (χ0) is 18.5. The molecule has 0 atom stereocenters. The molecule has 0 unspecified atom stereocenters. The molecule has 0 saturated heterocycles. The van der Waals surface area contributed by atoms with Crippen LogP contribution in [-0.4, -0.2) is 27.8 Å². The van der Waals surface area contributed by atoms with Gasteiger partial charge in [-0.3, -0.25) is 4.18 Å². The molecule has 0 aliphatic rings. The molecule has 2 rings (SSSR count). The third-order valence-electron chi connectivity index (χ3n) is 2.86. The third-order valence-corrected chi connectivity index (χ3v) is 4.14. The van der Waals surface area contributed by atoms with E-state index in [-0.39, 0.29) is 0 Å². The number of hydrogen-bond donors (Lipinski definition) is 0. The largest absolute Gasteiger partial charge is 0.494 e. The molecule has 0 saturated carbocycles. The zero-order valence-corrected chi connectivity index (χ0v) is 13.9.